The predicted molar refractivity (Wildman–Crippen MR) is 138 cm³/mol. The fourth-order valence-electron chi connectivity index (χ4n) is 4.37. The minimum Gasteiger partial charge on any atom is -0.0683 e. The zero-order chi connectivity index (χ0) is 22.3. The largest absolute Gasteiger partial charge is 0.0683 e. The number of benzene rings is 4. The van der Waals surface area contributed by atoms with Gasteiger partial charge in [-0.3, -0.25) is 0 Å². The Labute approximate surface area is 184 Å². The molecule has 0 radical (unpaired) electrons. The van der Waals surface area contributed by atoms with Gasteiger partial charge in [0.1, 0.15) is 0 Å². The topological polar surface area (TPSA) is 0 Å². The first-order chi connectivity index (χ1) is 14.6. The number of rotatable bonds is 0. The molecule has 0 saturated carbocycles. The van der Waals surface area contributed by atoms with Gasteiger partial charge in [0.05, 0.1) is 0 Å². The van der Waals surface area contributed by atoms with Crippen molar-refractivity contribution in [2.24, 2.45) is 0 Å². The highest BCUT2D eigenvalue weighted by Crippen LogP contribution is 2.52. The molecule has 0 heterocycles. The summed E-state index contributed by atoms with van der Waals surface area (Å²) < 4.78 is 0. The van der Waals surface area contributed by atoms with Crippen molar-refractivity contribution in [1.29, 1.82) is 0 Å². The summed E-state index contributed by atoms with van der Waals surface area (Å²) in [6, 6.07) is 26.7. The van der Waals surface area contributed by atoms with E-state index < -0.39 is 0 Å². The minimum atomic E-state index is 0.0373. The average Bonchev–Trinajstić information content (AvgIpc) is 3.04. The van der Waals surface area contributed by atoms with E-state index >= 15 is 0 Å². The highest BCUT2D eigenvalue weighted by Gasteiger charge is 2.36. The summed E-state index contributed by atoms with van der Waals surface area (Å²) in [4.78, 5) is 0. The average molecular weight is 399 g/mol. The number of fused-ring (bicyclic) bond motifs is 7. The fraction of sp³-hybridized carbons (Fsp3) is 0.333. The molecular formula is C30H38. The summed E-state index contributed by atoms with van der Waals surface area (Å²) >= 11 is 0. The Bertz CT molecular complexity index is 1100. The van der Waals surface area contributed by atoms with Crippen LogP contribution in [0.4, 0.5) is 0 Å². The lowest BCUT2D eigenvalue weighted by Crippen LogP contribution is -2.15. The Morgan fingerprint density at radius 3 is 1.83 bits per heavy atom. The third-order valence-electron chi connectivity index (χ3n) is 5.43. The number of hydrogen-bond donors (Lipinski definition) is 0. The van der Waals surface area contributed by atoms with Crippen LogP contribution in [0.15, 0.2) is 72.8 Å². The summed E-state index contributed by atoms with van der Waals surface area (Å²) in [5.41, 5.74) is 5.75. The fourth-order valence-corrected chi connectivity index (χ4v) is 4.37. The summed E-state index contributed by atoms with van der Waals surface area (Å²) in [6.45, 7) is 17.0. The van der Waals surface area contributed by atoms with Crippen molar-refractivity contribution < 1.29 is 0 Å². The van der Waals surface area contributed by atoms with Crippen LogP contribution < -0.4 is 0 Å². The lowest BCUT2D eigenvalue weighted by Gasteiger charge is -2.24. The third-order valence-corrected chi connectivity index (χ3v) is 5.43. The van der Waals surface area contributed by atoms with Gasteiger partial charge in [0.25, 0.3) is 0 Å². The van der Waals surface area contributed by atoms with Crippen LogP contribution in [0, 0.1) is 0 Å². The Hall–Kier alpha value is -2.60. The van der Waals surface area contributed by atoms with Gasteiger partial charge in [0, 0.05) is 5.41 Å². The lowest BCUT2D eigenvalue weighted by atomic mass is 9.79. The van der Waals surface area contributed by atoms with Crippen molar-refractivity contribution in [3.05, 3.63) is 83.9 Å². The molecule has 30 heavy (non-hydrogen) atoms. The molecule has 0 N–H and O–H groups in total. The molecule has 0 atom stereocenters. The van der Waals surface area contributed by atoms with Crippen molar-refractivity contribution in [1.82, 2.24) is 0 Å². The first kappa shape index (κ1) is 23.7. The van der Waals surface area contributed by atoms with Gasteiger partial charge in [-0.05, 0) is 43.8 Å². The molecule has 0 spiro atoms. The molecule has 0 fully saturated rings. The first-order valence-electron chi connectivity index (χ1n) is 11.6. The van der Waals surface area contributed by atoms with Gasteiger partial charge in [0.2, 0.25) is 0 Å². The van der Waals surface area contributed by atoms with Crippen LogP contribution in [0.25, 0.3) is 32.7 Å². The van der Waals surface area contributed by atoms with E-state index in [4.69, 9.17) is 0 Å². The maximum absolute atomic E-state index is 2.36. The summed E-state index contributed by atoms with van der Waals surface area (Å²) in [5.74, 6) is 0. The Balaban J connectivity index is 0.000000414. The second-order valence-corrected chi connectivity index (χ2v) is 7.75. The van der Waals surface area contributed by atoms with Crippen molar-refractivity contribution in [3.8, 4) is 11.1 Å². The van der Waals surface area contributed by atoms with E-state index in [1.807, 2.05) is 27.7 Å². The summed E-state index contributed by atoms with van der Waals surface area (Å²) in [7, 11) is 0. The molecule has 1 aliphatic rings. The molecule has 4 aromatic rings. The molecule has 1 aliphatic carbocycles. The quantitative estimate of drug-likeness (QED) is 0.258. The molecule has 0 unspecified atom stereocenters. The molecule has 0 nitrogen and oxygen atoms in total. The first-order valence-corrected chi connectivity index (χ1v) is 11.6. The molecule has 4 aromatic carbocycles. The van der Waals surface area contributed by atoms with E-state index in [2.05, 4.69) is 100 Å². The van der Waals surface area contributed by atoms with Crippen LogP contribution in [0.5, 0.6) is 0 Å². The van der Waals surface area contributed by atoms with Crippen LogP contribution in [0.2, 0.25) is 0 Å². The molecule has 5 rings (SSSR count). The van der Waals surface area contributed by atoms with Gasteiger partial charge in [-0.15, -0.1) is 0 Å². The molecule has 0 aliphatic heterocycles. The zero-order valence-corrected chi connectivity index (χ0v) is 20.1. The van der Waals surface area contributed by atoms with E-state index in [0.717, 1.165) is 0 Å². The van der Waals surface area contributed by atoms with Gasteiger partial charge in [-0.1, -0.05) is 135 Å². The van der Waals surface area contributed by atoms with Crippen molar-refractivity contribution >= 4 is 21.5 Å². The smallest absolute Gasteiger partial charge is 0.0165 e. The monoisotopic (exact) mass is 398 g/mol. The van der Waals surface area contributed by atoms with Gasteiger partial charge in [-0.25, -0.2) is 0 Å². The Morgan fingerprint density at radius 2 is 1.13 bits per heavy atom. The molecule has 158 valence electrons. The van der Waals surface area contributed by atoms with E-state index in [-0.39, 0.29) is 5.41 Å². The van der Waals surface area contributed by atoms with Crippen molar-refractivity contribution in [3.63, 3.8) is 0 Å². The molecule has 0 bridgehead atoms. The van der Waals surface area contributed by atoms with Crippen LogP contribution >= 0.6 is 0 Å². The lowest BCUT2D eigenvalue weighted by molar-refractivity contribution is 0.666. The zero-order valence-electron chi connectivity index (χ0n) is 20.1. The summed E-state index contributed by atoms with van der Waals surface area (Å²) in [6.07, 6.45) is 1.25. The van der Waals surface area contributed by atoms with Crippen molar-refractivity contribution in [2.45, 2.75) is 67.2 Å². The normalized spacial score (nSPS) is 12.4. The molecule has 0 amide bonds. The third kappa shape index (κ3) is 4.01. The molecule has 0 saturated heterocycles. The molecular weight excluding hydrogens is 360 g/mol. The second-order valence-electron chi connectivity index (χ2n) is 7.75. The van der Waals surface area contributed by atoms with Crippen LogP contribution in [-0.2, 0) is 5.41 Å². The van der Waals surface area contributed by atoms with Gasteiger partial charge < -0.3 is 0 Å². The summed E-state index contributed by atoms with van der Waals surface area (Å²) in [5, 5.41) is 5.44. The highest BCUT2D eigenvalue weighted by atomic mass is 14.4. The second kappa shape index (κ2) is 10.4. The maximum Gasteiger partial charge on any atom is 0.0165 e. The van der Waals surface area contributed by atoms with Crippen LogP contribution in [-0.4, -0.2) is 0 Å². The number of hydrogen-bond acceptors (Lipinski definition) is 0. The van der Waals surface area contributed by atoms with Gasteiger partial charge >= 0.3 is 0 Å². The van der Waals surface area contributed by atoms with E-state index in [9.17, 15) is 0 Å². The minimum absolute atomic E-state index is 0.0373. The predicted octanol–water partition coefficient (Wildman–Crippen LogP) is 9.77. The SMILES string of the molecule is CC.CC.CC1(C)c2ccccc2-c2ccc3ccc4ccccc4c3c21.CCC. The highest BCUT2D eigenvalue weighted by molar-refractivity contribution is 6.12. The van der Waals surface area contributed by atoms with Crippen molar-refractivity contribution in [2.75, 3.05) is 0 Å². The van der Waals surface area contributed by atoms with Crippen LogP contribution in [0.1, 0.15) is 72.9 Å². The molecule has 0 heteroatoms. The Kier molecular flexibility index (Phi) is 8.24. The van der Waals surface area contributed by atoms with E-state index in [0.29, 0.717) is 0 Å². The van der Waals surface area contributed by atoms with Gasteiger partial charge in [-0.2, -0.15) is 0 Å². The standard InChI is InChI=1S/C23H18.C3H8.2C2H6/c1-23(2)20-10-6-5-9-18(20)19-14-13-16-12-11-15-7-3-4-8-17(15)21(16)22(19)23;1-3-2;2*1-2/h3-14H,1-2H3;3H2,1-2H3;2*1-2H3. The maximum atomic E-state index is 2.36. The van der Waals surface area contributed by atoms with E-state index in [1.165, 1.54) is 50.2 Å². The Morgan fingerprint density at radius 1 is 0.600 bits per heavy atom. The van der Waals surface area contributed by atoms with E-state index in [1.54, 1.807) is 0 Å². The van der Waals surface area contributed by atoms with Crippen LogP contribution in [0.3, 0.4) is 0 Å². The van der Waals surface area contributed by atoms with Gasteiger partial charge in [0.15, 0.2) is 0 Å². The molecule has 0 aromatic heterocycles.